The molecule has 0 unspecified atom stereocenters. The minimum Gasteiger partial charge on any atom is -0.411 e. The van der Waals surface area contributed by atoms with Gasteiger partial charge in [0.1, 0.15) is 0 Å². The maximum atomic E-state index is 11.1. The Morgan fingerprint density at radius 1 is 0.958 bits per heavy atom. The Balaban J connectivity index is 1.73. The highest BCUT2D eigenvalue weighted by molar-refractivity contribution is 5.92. The van der Waals surface area contributed by atoms with Crippen LogP contribution in [0.3, 0.4) is 0 Å². The van der Waals surface area contributed by atoms with E-state index in [-0.39, 0.29) is 22.7 Å². The van der Waals surface area contributed by atoms with Gasteiger partial charge in [-0.05, 0) is 73.5 Å². The Hall–Kier alpha value is -0.610. The number of hydrogen-bond acceptors (Lipinski definition) is 4. The normalized spacial score (nSPS) is 58.9. The van der Waals surface area contributed by atoms with Gasteiger partial charge in [0.05, 0.1) is 17.9 Å². The summed E-state index contributed by atoms with van der Waals surface area (Å²) in [7, 11) is 0. The Morgan fingerprint density at radius 2 is 1.71 bits per heavy atom. The van der Waals surface area contributed by atoms with E-state index < -0.39 is 12.2 Å². The van der Waals surface area contributed by atoms with Crippen molar-refractivity contribution in [1.82, 2.24) is 0 Å². The molecule has 4 heteroatoms. The predicted molar refractivity (Wildman–Crippen MR) is 92.9 cm³/mol. The molecule has 4 nitrogen and oxygen atoms in total. The van der Waals surface area contributed by atoms with Crippen molar-refractivity contribution in [3.8, 4) is 0 Å². The van der Waals surface area contributed by atoms with Gasteiger partial charge in [-0.3, -0.25) is 0 Å². The average molecular weight is 335 g/mol. The lowest BCUT2D eigenvalue weighted by molar-refractivity contribution is -0.211. The summed E-state index contributed by atoms with van der Waals surface area (Å²) in [5.41, 5.74) is 0.968. The highest BCUT2D eigenvalue weighted by Crippen LogP contribution is 2.65. The van der Waals surface area contributed by atoms with E-state index in [1.807, 2.05) is 0 Å². The van der Waals surface area contributed by atoms with Crippen LogP contribution in [0.2, 0.25) is 0 Å². The quantitative estimate of drug-likeness (QED) is 0.469. The van der Waals surface area contributed by atoms with Crippen LogP contribution in [-0.2, 0) is 0 Å². The average Bonchev–Trinajstić information content (AvgIpc) is 2.90. The van der Waals surface area contributed by atoms with Gasteiger partial charge in [-0.2, -0.15) is 0 Å². The first kappa shape index (κ1) is 16.8. The van der Waals surface area contributed by atoms with E-state index in [9.17, 15) is 15.4 Å². The van der Waals surface area contributed by atoms with Gasteiger partial charge in [0, 0.05) is 5.41 Å². The zero-order valence-corrected chi connectivity index (χ0v) is 15.3. The molecule has 4 aliphatic rings. The lowest BCUT2D eigenvalue weighted by Crippen LogP contribution is -2.63. The van der Waals surface area contributed by atoms with Crippen LogP contribution in [0.5, 0.6) is 0 Å². The maximum Gasteiger partial charge on any atom is 0.0835 e. The van der Waals surface area contributed by atoms with Crippen molar-refractivity contribution >= 4 is 5.71 Å². The summed E-state index contributed by atoms with van der Waals surface area (Å²) in [5, 5.41) is 35.1. The third-order valence-electron chi connectivity index (χ3n) is 8.88. The van der Waals surface area contributed by atoms with E-state index in [0.29, 0.717) is 17.8 Å². The summed E-state index contributed by atoms with van der Waals surface area (Å²) in [6, 6.07) is 0. The van der Waals surface area contributed by atoms with E-state index in [4.69, 9.17) is 0 Å². The topological polar surface area (TPSA) is 73.0 Å². The highest BCUT2D eigenvalue weighted by Gasteiger charge is 2.64. The van der Waals surface area contributed by atoms with Gasteiger partial charge in [-0.1, -0.05) is 32.3 Å². The van der Waals surface area contributed by atoms with Crippen LogP contribution in [0.25, 0.3) is 0 Å². The zero-order chi connectivity index (χ0) is 17.3. The zero-order valence-electron chi connectivity index (χ0n) is 15.3. The van der Waals surface area contributed by atoms with Crippen molar-refractivity contribution in [1.29, 1.82) is 0 Å². The minimum atomic E-state index is -0.624. The molecule has 0 radical (unpaired) electrons. The molecule has 0 aromatic heterocycles. The van der Waals surface area contributed by atoms with Crippen molar-refractivity contribution < 1.29 is 15.4 Å². The fraction of sp³-hybridized carbons (Fsp3) is 0.950. The first-order valence-electron chi connectivity index (χ1n) is 9.90. The largest absolute Gasteiger partial charge is 0.411 e. The first-order chi connectivity index (χ1) is 11.3. The number of rotatable bonds is 0. The number of nitrogens with zero attached hydrogens (tertiary/aromatic N) is 1. The van der Waals surface area contributed by atoms with Crippen LogP contribution in [-0.4, -0.2) is 33.3 Å². The van der Waals surface area contributed by atoms with Crippen LogP contribution < -0.4 is 0 Å². The Bertz CT molecular complexity index is 549. The third-order valence-corrected chi connectivity index (χ3v) is 8.88. The Morgan fingerprint density at radius 3 is 2.42 bits per heavy atom. The molecule has 0 spiro atoms. The maximum absolute atomic E-state index is 11.1. The molecule has 4 fully saturated rings. The molecular formula is C20H33NO3. The fourth-order valence-corrected chi connectivity index (χ4v) is 7.41. The van der Waals surface area contributed by atoms with Crippen molar-refractivity contribution in [2.75, 3.05) is 0 Å². The van der Waals surface area contributed by atoms with E-state index in [1.165, 1.54) is 12.8 Å². The monoisotopic (exact) mass is 335 g/mol. The number of fused-ring (bicyclic) bond motifs is 5. The molecule has 9 atom stereocenters. The van der Waals surface area contributed by atoms with Crippen LogP contribution >= 0.6 is 0 Å². The fourth-order valence-electron chi connectivity index (χ4n) is 7.41. The molecule has 0 aliphatic heterocycles. The molecule has 4 aliphatic carbocycles. The molecular weight excluding hydrogens is 302 g/mol. The second-order valence-electron chi connectivity index (χ2n) is 9.80. The van der Waals surface area contributed by atoms with Crippen LogP contribution in [0.15, 0.2) is 5.16 Å². The summed E-state index contributed by atoms with van der Waals surface area (Å²) in [6.45, 7) is 6.88. The summed E-state index contributed by atoms with van der Waals surface area (Å²) >= 11 is 0. The van der Waals surface area contributed by atoms with Crippen LogP contribution in [0.4, 0.5) is 0 Å². The molecule has 4 rings (SSSR count). The number of hydrogen-bond donors (Lipinski definition) is 3. The van der Waals surface area contributed by atoms with Gasteiger partial charge >= 0.3 is 0 Å². The SMILES string of the molecule is C[C@H]1CC[C@@]2(C)[C@H](C1)[C@@H](O)[C@H](O)[C@@H]1[C@@H]2CC[C@]2(C)C(=NO)CC[C@@H]12. The molecule has 4 saturated carbocycles. The summed E-state index contributed by atoms with van der Waals surface area (Å²) < 4.78 is 0. The van der Waals surface area contributed by atoms with E-state index in [2.05, 4.69) is 25.9 Å². The number of oxime groups is 1. The van der Waals surface area contributed by atoms with Gasteiger partial charge in [0.15, 0.2) is 0 Å². The Labute approximate surface area is 145 Å². The van der Waals surface area contributed by atoms with Gasteiger partial charge in [-0.15, -0.1) is 0 Å². The molecule has 0 amide bonds. The molecule has 24 heavy (non-hydrogen) atoms. The van der Waals surface area contributed by atoms with Crippen molar-refractivity contribution in [3.05, 3.63) is 0 Å². The van der Waals surface area contributed by atoms with Crippen LogP contribution in [0.1, 0.15) is 65.7 Å². The van der Waals surface area contributed by atoms with E-state index in [0.717, 1.165) is 37.8 Å². The van der Waals surface area contributed by atoms with Gasteiger partial charge < -0.3 is 15.4 Å². The molecule has 0 saturated heterocycles. The van der Waals surface area contributed by atoms with E-state index >= 15 is 0 Å². The van der Waals surface area contributed by atoms with Crippen LogP contribution in [0, 0.1) is 40.4 Å². The minimum absolute atomic E-state index is 0.0955. The molecule has 0 bridgehead atoms. The molecule has 0 aromatic rings. The second-order valence-corrected chi connectivity index (χ2v) is 9.80. The lowest BCUT2D eigenvalue weighted by Gasteiger charge is -2.63. The molecule has 0 aromatic carbocycles. The van der Waals surface area contributed by atoms with Gasteiger partial charge in [0.2, 0.25) is 0 Å². The predicted octanol–water partition coefficient (Wildman–Crippen LogP) is 3.44. The van der Waals surface area contributed by atoms with Gasteiger partial charge in [-0.25, -0.2) is 0 Å². The number of aliphatic hydroxyl groups is 2. The summed E-state index contributed by atoms with van der Waals surface area (Å²) in [4.78, 5) is 0. The first-order valence-corrected chi connectivity index (χ1v) is 9.90. The van der Waals surface area contributed by atoms with Crippen molar-refractivity contribution in [3.63, 3.8) is 0 Å². The van der Waals surface area contributed by atoms with Crippen molar-refractivity contribution in [2.24, 2.45) is 45.6 Å². The second kappa shape index (κ2) is 5.44. The van der Waals surface area contributed by atoms with Crippen molar-refractivity contribution in [2.45, 2.75) is 77.9 Å². The lowest BCUT2D eigenvalue weighted by atomic mass is 9.43. The third kappa shape index (κ3) is 2.02. The highest BCUT2D eigenvalue weighted by atomic mass is 16.4. The molecule has 136 valence electrons. The standard InChI is InChI=1S/C20H33NO3/c1-11-6-8-19(2)13-7-9-20(3)12(4-5-15(20)21-24)16(13)18(23)17(22)14(19)10-11/h11-14,16-18,22-24H,4-10H2,1-3H3/t11-,12-,13-,14+,16-,17+,18+,19+,20-/m0/s1. The molecule has 3 N–H and O–H groups in total. The summed E-state index contributed by atoms with van der Waals surface area (Å²) in [5.74, 6) is 1.85. The number of aliphatic hydroxyl groups excluding tert-OH is 2. The smallest absolute Gasteiger partial charge is 0.0835 e. The summed E-state index contributed by atoms with van der Waals surface area (Å²) in [6.07, 6.45) is 6.19. The Kier molecular flexibility index (Phi) is 3.82. The van der Waals surface area contributed by atoms with Gasteiger partial charge in [0.25, 0.3) is 0 Å². The molecule has 0 heterocycles. The van der Waals surface area contributed by atoms with E-state index in [1.54, 1.807) is 0 Å².